The molecule has 0 bridgehead atoms. The predicted molar refractivity (Wildman–Crippen MR) is 76.9 cm³/mol. The lowest BCUT2D eigenvalue weighted by Gasteiger charge is -2.07. The van der Waals surface area contributed by atoms with Crippen molar-refractivity contribution in [2.45, 2.75) is 6.54 Å². The highest BCUT2D eigenvalue weighted by Crippen LogP contribution is 2.20. The molecule has 0 aliphatic carbocycles. The van der Waals surface area contributed by atoms with Crippen molar-refractivity contribution in [3.8, 4) is 12.1 Å². The van der Waals surface area contributed by atoms with Crippen molar-refractivity contribution in [3.63, 3.8) is 0 Å². The number of aromatic nitrogens is 1. The first-order valence-corrected chi connectivity index (χ1v) is 6.39. The summed E-state index contributed by atoms with van der Waals surface area (Å²) in [5.41, 5.74) is 2.38. The minimum absolute atomic E-state index is 0.312. The van der Waals surface area contributed by atoms with Crippen molar-refractivity contribution in [2.75, 3.05) is 0 Å². The number of hydrogen-bond donors (Lipinski definition) is 0. The lowest BCUT2D eigenvalue weighted by Crippen LogP contribution is -2.00. The van der Waals surface area contributed by atoms with E-state index in [0.29, 0.717) is 23.2 Å². The maximum atomic E-state index is 13.9. The molecule has 0 atom stereocenters. The maximum absolute atomic E-state index is 13.9. The number of nitrogens with zero attached hydrogens (tertiary/aromatic N) is 3. The standard InChI is InChI=1S/C17H10FN3/c18-16-8-13(10-20)1-3-15(16)11-21-6-5-14-7-12(9-19)2-4-17(14)21/h1-8H,11H2. The number of nitriles is 2. The van der Waals surface area contributed by atoms with Crippen LogP contribution >= 0.6 is 0 Å². The summed E-state index contributed by atoms with van der Waals surface area (Å²) in [6.45, 7) is 0.382. The van der Waals surface area contributed by atoms with Crippen LogP contribution in [0.4, 0.5) is 4.39 Å². The van der Waals surface area contributed by atoms with Crippen molar-refractivity contribution in [2.24, 2.45) is 0 Å². The highest BCUT2D eigenvalue weighted by atomic mass is 19.1. The van der Waals surface area contributed by atoms with Gasteiger partial charge < -0.3 is 4.57 Å². The number of rotatable bonds is 2. The van der Waals surface area contributed by atoms with E-state index in [0.717, 1.165) is 10.9 Å². The van der Waals surface area contributed by atoms with Crippen molar-refractivity contribution in [3.05, 3.63) is 71.2 Å². The summed E-state index contributed by atoms with van der Waals surface area (Å²) in [4.78, 5) is 0. The van der Waals surface area contributed by atoms with Crippen LogP contribution in [0.15, 0.2) is 48.7 Å². The van der Waals surface area contributed by atoms with E-state index in [2.05, 4.69) is 6.07 Å². The van der Waals surface area contributed by atoms with Crippen LogP contribution in [0.3, 0.4) is 0 Å². The average molecular weight is 275 g/mol. The summed E-state index contributed by atoms with van der Waals surface area (Å²) < 4.78 is 15.9. The monoisotopic (exact) mass is 275 g/mol. The molecule has 0 saturated heterocycles. The van der Waals surface area contributed by atoms with Crippen LogP contribution in [0.2, 0.25) is 0 Å². The van der Waals surface area contributed by atoms with Gasteiger partial charge in [-0.15, -0.1) is 0 Å². The molecule has 3 rings (SSSR count). The predicted octanol–water partition coefficient (Wildman–Crippen LogP) is 3.57. The van der Waals surface area contributed by atoms with Gasteiger partial charge in [0.1, 0.15) is 5.82 Å². The molecule has 0 amide bonds. The highest BCUT2D eigenvalue weighted by molar-refractivity contribution is 5.81. The second-order valence-electron chi connectivity index (χ2n) is 4.75. The van der Waals surface area contributed by atoms with E-state index in [-0.39, 0.29) is 5.82 Å². The Labute approximate surface area is 121 Å². The first-order chi connectivity index (χ1) is 10.2. The Kier molecular flexibility index (Phi) is 3.14. The molecule has 4 heteroatoms. The molecule has 0 N–H and O–H groups in total. The van der Waals surface area contributed by atoms with Gasteiger partial charge in [-0.2, -0.15) is 10.5 Å². The normalized spacial score (nSPS) is 10.2. The Morgan fingerprint density at radius 3 is 2.38 bits per heavy atom. The van der Waals surface area contributed by atoms with Crippen LogP contribution in [-0.4, -0.2) is 4.57 Å². The molecular weight excluding hydrogens is 265 g/mol. The van der Waals surface area contributed by atoms with Gasteiger partial charge in [-0.1, -0.05) is 6.07 Å². The van der Waals surface area contributed by atoms with E-state index in [1.54, 1.807) is 24.3 Å². The topological polar surface area (TPSA) is 52.5 Å². The Morgan fingerprint density at radius 2 is 1.67 bits per heavy atom. The average Bonchev–Trinajstić information content (AvgIpc) is 2.91. The fourth-order valence-corrected chi connectivity index (χ4v) is 2.34. The SMILES string of the molecule is N#Cc1ccc(Cn2ccc3cc(C#N)ccc32)c(F)c1. The first kappa shape index (κ1) is 12.9. The zero-order valence-electron chi connectivity index (χ0n) is 11.0. The van der Waals surface area contributed by atoms with Gasteiger partial charge in [-0.05, 0) is 36.4 Å². The van der Waals surface area contributed by atoms with E-state index in [9.17, 15) is 4.39 Å². The number of hydrogen-bond acceptors (Lipinski definition) is 2. The van der Waals surface area contributed by atoms with Gasteiger partial charge in [-0.3, -0.25) is 0 Å². The van der Waals surface area contributed by atoms with E-state index in [1.807, 2.05) is 29.0 Å². The minimum Gasteiger partial charge on any atom is -0.343 e. The summed E-state index contributed by atoms with van der Waals surface area (Å²) in [7, 11) is 0. The minimum atomic E-state index is -0.385. The molecule has 1 heterocycles. The van der Waals surface area contributed by atoms with Crippen LogP contribution in [0.1, 0.15) is 16.7 Å². The number of halogens is 1. The third-order valence-corrected chi connectivity index (χ3v) is 3.42. The Hall–Kier alpha value is -3.11. The van der Waals surface area contributed by atoms with Crippen LogP contribution in [-0.2, 0) is 6.54 Å². The molecule has 3 nitrogen and oxygen atoms in total. The molecular formula is C17H10FN3. The second kappa shape index (κ2) is 5.11. The highest BCUT2D eigenvalue weighted by Gasteiger charge is 2.07. The lowest BCUT2D eigenvalue weighted by atomic mass is 10.1. The lowest BCUT2D eigenvalue weighted by molar-refractivity contribution is 0.601. The van der Waals surface area contributed by atoms with Crippen molar-refractivity contribution in [1.82, 2.24) is 4.57 Å². The van der Waals surface area contributed by atoms with Crippen LogP contribution in [0.25, 0.3) is 10.9 Å². The van der Waals surface area contributed by atoms with Crippen LogP contribution in [0.5, 0.6) is 0 Å². The molecule has 100 valence electrons. The molecule has 0 fully saturated rings. The second-order valence-corrected chi connectivity index (χ2v) is 4.75. The fourth-order valence-electron chi connectivity index (χ4n) is 2.34. The molecule has 0 saturated carbocycles. The van der Waals surface area contributed by atoms with Gasteiger partial charge in [-0.25, -0.2) is 4.39 Å². The third-order valence-electron chi connectivity index (χ3n) is 3.42. The van der Waals surface area contributed by atoms with Gasteiger partial charge in [0.15, 0.2) is 0 Å². The van der Waals surface area contributed by atoms with Gasteiger partial charge in [0.25, 0.3) is 0 Å². The van der Waals surface area contributed by atoms with Crippen molar-refractivity contribution >= 4 is 10.9 Å². The van der Waals surface area contributed by atoms with Gasteiger partial charge in [0, 0.05) is 22.7 Å². The zero-order valence-corrected chi connectivity index (χ0v) is 11.0. The summed E-state index contributed by atoms with van der Waals surface area (Å²) in [6.07, 6.45) is 1.86. The molecule has 2 aromatic carbocycles. The van der Waals surface area contributed by atoms with Crippen LogP contribution in [0, 0.1) is 28.5 Å². The quantitative estimate of drug-likeness (QED) is 0.717. The van der Waals surface area contributed by atoms with Gasteiger partial charge in [0.2, 0.25) is 0 Å². The van der Waals surface area contributed by atoms with Crippen LogP contribution < -0.4 is 0 Å². The van der Waals surface area contributed by atoms with Crippen molar-refractivity contribution < 1.29 is 4.39 Å². The molecule has 1 aromatic heterocycles. The molecule has 3 aromatic rings. The molecule has 21 heavy (non-hydrogen) atoms. The zero-order chi connectivity index (χ0) is 14.8. The largest absolute Gasteiger partial charge is 0.343 e. The van der Waals surface area contributed by atoms with Gasteiger partial charge >= 0.3 is 0 Å². The summed E-state index contributed by atoms with van der Waals surface area (Å²) in [5.74, 6) is -0.385. The first-order valence-electron chi connectivity index (χ1n) is 6.39. The van der Waals surface area contributed by atoms with E-state index < -0.39 is 0 Å². The molecule has 0 radical (unpaired) electrons. The summed E-state index contributed by atoms with van der Waals surface area (Å²) in [6, 6.07) is 15.8. The number of benzene rings is 2. The Morgan fingerprint density at radius 1 is 0.952 bits per heavy atom. The molecule has 0 spiro atoms. The van der Waals surface area contributed by atoms with Gasteiger partial charge in [0.05, 0.1) is 29.8 Å². The summed E-state index contributed by atoms with van der Waals surface area (Å²) >= 11 is 0. The molecule has 0 unspecified atom stereocenters. The number of fused-ring (bicyclic) bond motifs is 1. The third kappa shape index (κ3) is 2.35. The molecule has 0 aliphatic heterocycles. The smallest absolute Gasteiger partial charge is 0.129 e. The Bertz CT molecular complexity index is 910. The summed E-state index contributed by atoms with van der Waals surface area (Å²) in [5, 5.41) is 18.6. The van der Waals surface area contributed by atoms with E-state index in [4.69, 9.17) is 10.5 Å². The Balaban J connectivity index is 1.99. The molecule has 0 aliphatic rings. The van der Waals surface area contributed by atoms with Crippen molar-refractivity contribution in [1.29, 1.82) is 10.5 Å². The van der Waals surface area contributed by atoms with E-state index in [1.165, 1.54) is 6.07 Å². The van der Waals surface area contributed by atoms with E-state index >= 15 is 0 Å². The fraction of sp³-hybridized carbons (Fsp3) is 0.0588. The maximum Gasteiger partial charge on any atom is 0.129 e.